The SMILES string of the molecule is C/C=C(\C)C(C)(C)Oc1c(CC(=O)OCC)ccc(C)c1C. The fourth-order valence-electron chi connectivity index (χ4n) is 2.18. The zero-order chi connectivity index (χ0) is 16.9. The van der Waals surface area contributed by atoms with Crippen LogP contribution in [-0.4, -0.2) is 18.2 Å². The van der Waals surface area contributed by atoms with E-state index in [-0.39, 0.29) is 12.4 Å². The van der Waals surface area contributed by atoms with E-state index in [4.69, 9.17) is 9.47 Å². The molecule has 0 spiro atoms. The molecule has 3 heteroatoms. The van der Waals surface area contributed by atoms with E-state index < -0.39 is 5.60 Å². The van der Waals surface area contributed by atoms with Gasteiger partial charge in [0, 0.05) is 5.56 Å². The lowest BCUT2D eigenvalue weighted by Gasteiger charge is -2.30. The summed E-state index contributed by atoms with van der Waals surface area (Å²) in [5, 5.41) is 0. The summed E-state index contributed by atoms with van der Waals surface area (Å²) in [5.74, 6) is 0.565. The highest BCUT2D eigenvalue weighted by Gasteiger charge is 2.25. The van der Waals surface area contributed by atoms with E-state index in [1.807, 2.05) is 53.7 Å². The zero-order valence-corrected chi connectivity index (χ0v) is 14.9. The van der Waals surface area contributed by atoms with Crippen molar-refractivity contribution < 1.29 is 14.3 Å². The second-order valence-electron chi connectivity index (χ2n) is 6.06. The van der Waals surface area contributed by atoms with E-state index in [0.717, 1.165) is 28.0 Å². The third-order valence-corrected chi connectivity index (χ3v) is 4.14. The van der Waals surface area contributed by atoms with Crippen molar-refractivity contribution >= 4 is 5.97 Å². The van der Waals surface area contributed by atoms with Crippen molar-refractivity contribution in [3.8, 4) is 5.75 Å². The van der Waals surface area contributed by atoms with E-state index in [1.54, 1.807) is 0 Å². The van der Waals surface area contributed by atoms with E-state index in [1.165, 1.54) is 0 Å². The maximum Gasteiger partial charge on any atom is 0.310 e. The van der Waals surface area contributed by atoms with Crippen LogP contribution in [0.5, 0.6) is 5.75 Å². The van der Waals surface area contributed by atoms with Crippen LogP contribution in [0.3, 0.4) is 0 Å². The minimum atomic E-state index is -0.420. The van der Waals surface area contributed by atoms with Crippen molar-refractivity contribution in [1.29, 1.82) is 0 Å². The van der Waals surface area contributed by atoms with Crippen LogP contribution >= 0.6 is 0 Å². The molecule has 1 aromatic rings. The number of carbonyl (C=O) groups is 1. The van der Waals surface area contributed by atoms with Gasteiger partial charge in [-0.05, 0) is 65.2 Å². The lowest BCUT2D eigenvalue weighted by Crippen LogP contribution is -2.30. The van der Waals surface area contributed by atoms with Gasteiger partial charge in [0.05, 0.1) is 13.0 Å². The summed E-state index contributed by atoms with van der Waals surface area (Å²) in [6.45, 7) is 14.4. The molecule has 0 saturated carbocycles. The number of esters is 1. The Labute approximate surface area is 134 Å². The summed E-state index contributed by atoms with van der Waals surface area (Å²) in [5.41, 5.74) is 3.82. The Morgan fingerprint density at radius 1 is 1.27 bits per heavy atom. The summed E-state index contributed by atoms with van der Waals surface area (Å²) in [6, 6.07) is 3.97. The van der Waals surface area contributed by atoms with Crippen LogP contribution < -0.4 is 4.74 Å². The van der Waals surface area contributed by atoms with Crippen molar-refractivity contribution in [3.05, 3.63) is 40.5 Å². The number of carbonyl (C=O) groups excluding carboxylic acids is 1. The van der Waals surface area contributed by atoms with Gasteiger partial charge in [-0.15, -0.1) is 0 Å². The molecule has 22 heavy (non-hydrogen) atoms. The highest BCUT2D eigenvalue weighted by atomic mass is 16.5. The summed E-state index contributed by atoms with van der Waals surface area (Å²) in [6.07, 6.45) is 2.28. The Morgan fingerprint density at radius 2 is 1.91 bits per heavy atom. The first-order valence-electron chi connectivity index (χ1n) is 7.80. The molecule has 1 aromatic carbocycles. The minimum absolute atomic E-state index is 0.226. The van der Waals surface area contributed by atoms with Crippen molar-refractivity contribution in [2.75, 3.05) is 6.61 Å². The molecule has 0 radical (unpaired) electrons. The molecule has 0 N–H and O–H groups in total. The van der Waals surface area contributed by atoms with Gasteiger partial charge in [0.15, 0.2) is 0 Å². The topological polar surface area (TPSA) is 35.5 Å². The van der Waals surface area contributed by atoms with Crippen LogP contribution in [0.2, 0.25) is 0 Å². The molecule has 0 aliphatic carbocycles. The van der Waals surface area contributed by atoms with Gasteiger partial charge in [-0.3, -0.25) is 4.79 Å². The zero-order valence-electron chi connectivity index (χ0n) is 14.9. The molecule has 0 bridgehead atoms. The van der Waals surface area contributed by atoms with Gasteiger partial charge in [-0.2, -0.15) is 0 Å². The van der Waals surface area contributed by atoms with Gasteiger partial charge in [0.2, 0.25) is 0 Å². The molecule has 0 atom stereocenters. The van der Waals surface area contributed by atoms with E-state index in [9.17, 15) is 4.79 Å². The van der Waals surface area contributed by atoms with Crippen molar-refractivity contribution in [2.45, 2.75) is 60.5 Å². The number of hydrogen-bond donors (Lipinski definition) is 0. The smallest absolute Gasteiger partial charge is 0.310 e. The quantitative estimate of drug-likeness (QED) is 0.572. The minimum Gasteiger partial charge on any atom is -0.483 e. The number of hydrogen-bond acceptors (Lipinski definition) is 3. The van der Waals surface area contributed by atoms with Gasteiger partial charge in [0.1, 0.15) is 11.4 Å². The van der Waals surface area contributed by atoms with E-state index in [0.29, 0.717) is 6.61 Å². The maximum atomic E-state index is 11.8. The molecule has 0 fully saturated rings. The van der Waals surface area contributed by atoms with Gasteiger partial charge < -0.3 is 9.47 Å². The third kappa shape index (κ3) is 4.36. The lowest BCUT2D eigenvalue weighted by molar-refractivity contribution is -0.142. The number of rotatable bonds is 6. The fraction of sp³-hybridized carbons (Fsp3) is 0.526. The molecular formula is C19H28O3. The Bertz CT molecular complexity index is 568. The van der Waals surface area contributed by atoms with E-state index in [2.05, 4.69) is 13.0 Å². The monoisotopic (exact) mass is 304 g/mol. The molecule has 0 aliphatic rings. The molecule has 0 heterocycles. The Kier molecular flexibility index (Phi) is 6.21. The van der Waals surface area contributed by atoms with Crippen LogP contribution in [0.4, 0.5) is 0 Å². The van der Waals surface area contributed by atoms with Crippen LogP contribution in [0.15, 0.2) is 23.8 Å². The van der Waals surface area contributed by atoms with Gasteiger partial charge in [0.25, 0.3) is 0 Å². The predicted molar refractivity (Wildman–Crippen MR) is 90.4 cm³/mol. The largest absolute Gasteiger partial charge is 0.483 e. The number of ether oxygens (including phenoxy) is 2. The number of aryl methyl sites for hydroxylation is 1. The number of allylic oxidation sites excluding steroid dienone is 1. The molecule has 0 aromatic heterocycles. The molecule has 0 amide bonds. The Hall–Kier alpha value is -1.77. The Morgan fingerprint density at radius 3 is 2.45 bits per heavy atom. The summed E-state index contributed by atoms with van der Waals surface area (Å²) in [7, 11) is 0. The summed E-state index contributed by atoms with van der Waals surface area (Å²) >= 11 is 0. The highest BCUT2D eigenvalue weighted by molar-refractivity contribution is 5.74. The Balaban J connectivity index is 3.21. The van der Waals surface area contributed by atoms with E-state index >= 15 is 0 Å². The molecule has 0 aliphatic heterocycles. The van der Waals surface area contributed by atoms with Crippen molar-refractivity contribution in [1.82, 2.24) is 0 Å². The van der Waals surface area contributed by atoms with Gasteiger partial charge in [-0.1, -0.05) is 18.2 Å². The highest BCUT2D eigenvalue weighted by Crippen LogP contribution is 2.32. The maximum absolute atomic E-state index is 11.8. The molecule has 3 nitrogen and oxygen atoms in total. The second kappa shape index (κ2) is 7.48. The molecule has 122 valence electrons. The molecule has 0 saturated heterocycles. The van der Waals surface area contributed by atoms with Gasteiger partial charge >= 0.3 is 5.97 Å². The summed E-state index contributed by atoms with van der Waals surface area (Å²) < 4.78 is 11.4. The van der Waals surface area contributed by atoms with Crippen molar-refractivity contribution in [3.63, 3.8) is 0 Å². The molecule has 0 unspecified atom stereocenters. The third-order valence-electron chi connectivity index (χ3n) is 4.14. The number of benzene rings is 1. The van der Waals surface area contributed by atoms with Crippen LogP contribution in [-0.2, 0) is 16.0 Å². The molecular weight excluding hydrogens is 276 g/mol. The first-order valence-corrected chi connectivity index (χ1v) is 7.80. The first-order chi connectivity index (χ1) is 10.2. The fourth-order valence-corrected chi connectivity index (χ4v) is 2.18. The normalized spacial score (nSPS) is 12.2. The van der Waals surface area contributed by atoms with Crippen molar-refractivity contribution in [2.24, 2.45) is 0 Å². The second-order valence-corrected chi connectivity index (χ2v) is 6.06. The lowest BCUT2D eigenvalue weighted by atomic mass is 9.97. The van der Waals surface area contributed by atoms with Crippen LogP contribution in [0, 0.1) is 13.8 Å². The average molecular weight is 304 g/mol. The summed E-state index contributed by atoms with van der Waals surface area (Å²) in [4.78, 5) is 11.8. The molecule has 1 rings (SSSR count). The van der Waals surface area contributed by atoms with Gasteiger partial charge in [-0.25, -0.2) is 0 Å². The standard InChI is InChI=1S/C19H28O3/c1-8-14(4)19(6,7)22-18-15(5)13(3)10-11-16(18)12-17(20)21-9-2/h8,10-11H,9,12H2,1-7H3/b14-8+. The predicted octanol–water partition coefficient (Wildman–Crippen LogP) is 4.53. The average Bonchev–Trinajstić information content (AvgIpc) is 2.46. The van der Waals surface area contributed by atoms with Crippen LogP contribution in [0.25, 0.3) is 0 Å². The van der Waals surface area contributed by atoms with Crippen LogP contribution in [0.1, 0.15) is 51.3 Å². The first kappa shape index (κ1) is 18.3.